The van der Waals surface area contributed by atoms with Crippen LogP contribution in [-0.4, -0.2) is 18.5 Å². The number of nitrogens with one attached hydrogen (secondary N) is 1. The molecule has 24 heavy (non-hydrogen) atoms. The molecule has 0 radical (unpaired) electrons. The number of carbonyl (C=O) groups excluding carboxylic acids is 2. The fourth-order valence-electron chi connectivity index (χ4n) is 2.38. The predicted molar refractivity (Wildman–Crippen MR) is 95.4 cm³/mol. The molecular weight excluding hydrogens is 302 g/mol. The molecule has 0 fully saturated rings. The van der Waals surface area contributed by atoms with E-state index in [9.17, 15) is 9.59 Å². The van der Waals surface area contributed by atoms with Gasteiger partial charge in [-0.1, -0.05) is 38.1 Å². The average Bonchev–Trinajstić information content (AvgIpc) is 2.55. The largest absolute Gasteiger partial charge is 0.452 e. The van der Waals surface area contributed by atoms with Crippen molar-refractivity contribution in [3.05, 3.63) is 64.7 Å². The summed E-state index contributed by atoms with van der Waals surface area (Å²) in [4.78, 5) is 24.1. The third kappa shape index (κ3) is 4.44. The zero-order chi connectivity index (χ0) is 17.7. The van der Waals surface area contributed by atoms with Crippen molar-refractivity contribution in [3.63, 3.8) is 0 Å². The minimum absolute atomic E-state index is 0.291. The molecule has 0 aliphatic rings. The van der Waals surface area contributed by atoms with Crippen LogP contribution >= 0.6 is 0 Å². The summed E-state index contributed by atoms with van der Waals surface area (Å²) in [6.45, 7) is 7.72. The lowest BCUT2D eigenvalue weighted by Crippen LogP contribution is -2.21. The van der Waals surface area contributed by atoms with E-state index in [1.54, 1.807) is 12.1 Å². The van der Waals surface area contributed by atoms with E-state index < -0.39 is 5.97 Å². The smallest absolute Gasteiger partial charge is 0.338 e. The molecule has 1 amide bonds. The number of anilines is 1. The van der Waals surface area contributed by atoms with Crippen LogP contribution in [0.1, 0.15) is 46.8 Å². The highest BCUT2D eigenvalue weighted by molar-refractivity contribution is 5.96. The van der Waals surface area contributed by atoms with Crippen LogP contribution in [0.15, 0.2) is 42.5 Å². The van der Waals surface area contributed by atoms with Gasteiger partial charge in [-0.2, -0.15) is 0 Å². The Bertz CT molecular complexity index is 750. The van der Waals surface area contributed by atoms with Gasteiger partial charge in [0.1, 0.15) is 0 Å². The monoisotopic (exact) mass is 325 g/mol. The fourth-order valence-corrected chi connectivity index (χ4v) is 2.38. The van der Waals surface area contributed by atoms with Gasteiger partial charge >= 0.3 is 5.97 Å². The zero-order valence-electron chi connectivity index (χ0n) is 14.6. The number of esters is 1. The first-order chi connectivity index (χ1) is 11.4. The molecule has 0 saturated heterocycles. The Hall–Kier alpha value is -2.62. The van der Waals surface area contributed by atoms with E-state index >= 15 is 0 Å². The first-order valence-corrected chi connectivity index (χ1v) is 8.01. The van der Waals surface area contributed by atoms with Crippen LogP contribution in [0.3, 0.4) is 0 Å². The van der Waals surface area contributed by atoms with Crippen LogP contribution in [-0.2, 0) is 9.53 Å². The molecule has 4 heteroatoms. The molecule has 126 valence electrons. The first-order valence-electron chi connectivity index (χ1n) is 8.01. The molecule has 4 nitrogen and oxygen atoms in total. The Morgan fingerprint density at radius 2 is 1.75 bits per heavy atom. The lowest BCUT2D eigenvalue weighted by molar-refractivity contribution is -0.119. The van der Waals surface area contributed by atoms with Gasteiger partial charge in [0.05, 0.1) is 5.56 Å². The van der Waals surface area contributed by atoms with Crippen molar-refractivity contribution in [2.45, 2.75) is 33.6 Å². The van der Waals surface area contributed by atoms with Crippen molar-refractivity contribution in [1.82, 2.24) is 0 Å². The van der Waals surface area contributed by atoms with E-state index in [1.165, 1.54) is 0 Å². The average molecular weight is 325 g/mol. The third-order valence-electron chi connectivity index (χ3n) is 3.93. The minimum Gasteiger partial charge on any atom is -0.452 e. The lowest BCUT2D eigenvalue weighted by atomic mass is 10.0. The third-order valence-corrected chi connectivity index (χ3v) is 3.93. The Labute approximate surface area is 142 Å². The summed E-state index contributed by atoms with van der Waals surface area (Å²) in [5.74, 6) is -0.551. The number of carbonyl (C=O) groups is 2. The van der Waals surface area contributed by atoms with Crippen LogP contribution < -0.4 is 5.32 Å². The molecule has 0 heterocycles. The number of benzene rings is 2. The van der Waals surface area contributed by atoms with Crippen molar-refractivity contribution in [2.75, 3.05) is 11.9 Å². The van der Waals surface area contributed by atoms with Gasteiger partial charge in [-0.25, -0.2) is 4.79 Å². The highest BCUT2D eigenvalue weighted by atomic mass is 16.5. The fraction of sp³-hybridized carbons (Fsp3) is 0.300. The zero-order valence-corrected chi connectivity index (χ0v) is 14.6. The summed E-state index contributed by atoms with van der Waals surface area (Å²) in [5, 5.41) is 2.80. The van der Waals surface area contributed by atoms with Crippen LogP contribution in [0.4, 0.5) is 5.69 Å². The molecule has 0 aliphatic heterocycles. The number of aryl methyl sites for hydroxylation is 2. The SMILES string of the molecule is Cc1ccc(C(=O)OCC(=O)Nc2ccccc2C(C)C)cc1C. The Kier molecular flexibility index (Phi) is 5.74. The summed E-state index contributed by atoms with van der Waals surface area (Å²) in [7, 11) is 0. The minimum atomic E-state index is -0.495. The maximum absolute atomic E-state index is 12.1. The maximum Gasteiger partial charge on any atom is 0.338 e. The molecule has 0 bridgehead atoms. The second-order valence-electron chi connectivity index (χ2n) is 6.17. The van der Waals surface area contributed by atoms with Gasteiger partial charge in [0, 0.05) is 5.69 Å². The predicted octanol–water partition coefficient (Wildman–Crippen LogP) is 4.22. The molecule has 0 aromatic heterocycles. The number of amides is 1. The quantitative estimate of drug-likeness (QED) is 0.837. The summed E-state index contributed by atoms with van der Waals surface area (Å²) in [6, 6.07) is 13.0. The van der Waals surface area contributed by atoms with Crippen LogP contribution in [0, 0.1) is 13.8 Å². The molecule has 2 aromatic carbocycles. The molecule has 2 aromatic rings. The Morgan fingerprint density at radius 3 is 2.42 bits per heavy atom. The summed E-state index contributed by atoms with van der Waals surface area (Å²) < 4.78 is 5.11. The Morgan fingerprint density at radius 1 is 1.04 bits per heavy atom. The van der Waals surface area contributed by atoms with Gasteiger partial charge in [0.2, 0.25) is 0 Å². The van der Waals surface area contributed by atoms with Gasteiger partial charge in [0.25, 0.3) is 5.91 Å². The number of rotatable bonds is 5. The first kappa shape index (κ1) is 17.7. The van der Waals surface area contributed by atoms with E-state index in [4.69, 9.17) is 4.74 Å². The van der Waals surface area contributed by atoms with Gasteiger partial charge in [-0.15, -0.1) is 0 Å². The second kappa shape index (κ2) is 7.77. The van der Waals surface area contributed by atoms with E-state index in [0.29, 0.717) is 11.5 Å². The second-order valence-corrected chi connectivity index (χ2v) is 6.17. The van der Waals surface area contributed by atoms with Crippen molar-refractivity contribution >= 4 is 17.6 Å². The van der Waals surface area contributed by atoms with Crippen molar-refractivity contribution < 1.29 is 14.3 Å². The lowest BCUT2D eigenvalue weighted by Gasteiger charge is -2.13. The van der Waals surface area contributed by atoms with Gasteiger partial charge in [0.15, 0.2) is 6.61 Å². The topological polar surface area (TPSA) is 55.4 Å². The van der Waals surface area contributed by atoms with Gasteiger partial charge in [-0.05, 0) is 54.7 Å². The number of ether oxygens (including phenoxy) is 1. The molecule has 0 atom stereocenters. The number of hydrogen-bond donors (Lipinski definition) is 1. The van der Waals surface area contributed by atoms with E-state index in [2.05, 4.69) is 19.2 Å². The standard InChI is InChI=1S/C20H23NO3/c1-13(2)17-7-5-6-8-18(17)21-19(22)12-24-20(23)16-10-9-14(3)15(4)11-16/h5-11,13H,12H2,1-4H3,(H,21,22). The molecule has 1 N–H and O–H groups in total. The summed E-state index contributed by atoms with van der Waals surface area (Å²) in [6.07, 6.45) is 0. The van der Waals surface area contributed by atoms with E-state index in [1.807, 2.05) is 44.2 Å². The number of hydrogen-bond acceptors (Lipinski definition) is 3. The molecule has 0 saturated carbocycles. The maximum atomic E-state index is 12.1. The normalized spacial score (nSPS) is 10.5. The van der Waals surface area contributed by atoms with Crippen molar-refractivity contribution in [2.24, 2.45) is 0 Å². The molecule has 0 spiro atoms. The van der Waals surface area contributed by atoms with Crippen LogP contribution in [0.25, 0.3) is 0 Å². The van der Waals surface area contributed by atoms with Crippen molar-refractivity contribution in [3.8, 4) is 0 Å². The van der Waals surface area contributed by atoms with E-state index in [0.717, 1.165) is 22.4 Å². The van der Waals surface area contributed by atoms with Crippen LogP contribution in [0.5, 0.6) is 0 Å². The van der Waals surface area contributed by atoms with Crippen molar-refractivity contribution in [1.29, 1.82) is 0 Å². The summed E-state index contributed by atoms with van der Waals surface area (Å²) >= 11 is 0. The molecular formula is C20H23NO3. The van der Waals surface area contributed by atoms with Gasteiger partial charge in [-0.3, -0.25) is 4.79 Å². The number of para-hydroxylation sites is 1. The van der Waals surface area contributed by atoms with Crippen LogP contribution in [0.2, 0.25) is 0 Å². The van der Waals surface area contributed by atoms with Gasteiger partial charge < -0.3 is 10.1 Å². The Balaban J connectivity index is 1.96. The molecule has 0 aliphatic carbocycles. The summed E-state index contributed by atoms with van der Waals surface area (Å²) in [5.41, 5.74) is 4.37. The highest BCUT2D eigenvalue weighted by Crippen LogP contribution is 2.23. The highest BCUT2D eigenvalue weighted by Gasteiger charge is 2.13. The molecule has 2 rings (SSSR count). The van der Waals surface area contributed by atoms with E-state index in [-0.39, 0.29) is 12.5 Å². The molecule has 0 unspecified atom stereocenters.